The lowest BCUT2D eigenvalue weighted by atomic mass is 10.1. The monoisotopic (exact) mass is 361 g/mol. The lowest BCUT2D eigenvalue weighted by Crippen LogP contribution is -2.25. The summed E-state index contributed by atoms with van der Waals surface area (Å²) in [4.78, 5) is 13.2. The van der Waals surface area contributed by atoms with E-state index in [0.29, 0.717) is 11.3 Å². The van der Waals surface area contributed by atoms with Gasteiger partial charge >= 0.3 is 5.97 Å². The van der Waals surface area contributed by atoms with Gasteiger partial charge in [0.15, 0.2) is 0 Å². The molecule has 26 heavy (non-hydrogen) atoms. The number of hydrogen-bond donors (Lipinski definition) is 1. The van der Waals surface area contributed by atoms with E-state index in [2.05, 4.69) is 0 Å². The molecule has 2 aromatic rings. The summed E-state index contributed by atoms with van der Waals surface area (Å²) in [6, 6.07) is 10.2. The Morgan fingerprint density at radius 1 is 1.19 bits per heavy atom. The van der Waals surface area contributed by atoms with Crippen LogP contribution in [0.3, 0.4) is 0 Å². The standard InChI is InChI=1S/C19H17F2NO4/c1-3-22-16(11-7-9-12(25-2)10-8-11)17(19(23)24)26-18(22)15-13(20)5-4-6-14(15)21/h4-10,18H,3H2,1-2H3,(H,23,24). The third kappa shape index (κ3) is 2.96. The highest BCUT2D eigenvalue weighted by molar-refractivity contribution is 5.95. The van der Waals surface area contributed by atoms with Crippen molar-refractivity contribution < 1.29 is 28.2 Å². The molecule has 5 nitrogen and oxygen atoms in total. The van der Waals surface area contributed by atoms with Crippen LogP contribution in [-0.2, 0) is 9.53 Å². The van der Waals surface area contributed by atoms with E-state index in [1.54, 1.807) is 31.2 Å². The lowest BCUT2D eigenvalue weighted by Gasteiger charge is -2.27. The predicted molar refractivity (Wildman–Crippen MR) is 90.1 cm³/mol. The third-order valence-corrected chi connectivity index (χ3v) is 4.16. The zero-order valence-corrected chi connectivity index (χ0v) is 14.2. The Morgan fingerprint density at radius 3 is 2.31 bits per heavy atom. The maximum absolute atomic E-state index is 14.2. The lowest BCUT2D eigenvalue weighted by molar-refractivity contribution is -0.137. The number of aliphatic carboxylic acids is 1. The van der Waals surface area contributed by atoms with Gasteiger partial charge in [-0.2, -0.15) is 0 Å². The molecule has 0 aliphatic carbocycles. The minimum Gasteiger partial charge on any atom is -0.497 e. The molecule has 1 aliphatic heterocycles. The second kappa shape index (κ2) is 7.03. The Morgan fingerprint density at radius 2 is 1.81 bits per heavy atom. The van der Waals surface area contributed by atoms with Gasteiger partial charge in [0.1, 0.15) is 17.4 Å². The van der Waals surface area contributed by atoms with Crippen molar-refractivity contribution in [2.75, 3.05) is 13.7 Å². The smallest absolute Gasteiger partial charge is 0.373 e. The van der Waals surface area contributed by atoms with Gasteiger partial charge in [0.05, 0.1) is 18.4 Å². The van der Waals surface area contributed by atoms with Crippen molar-refractivity contribution in [2.24, 2.45) is 0 Å². The third-order valence-electron chi connectivity index (χ3n) is 4.16. The molecule has 1 aliphatic rings. The molecule has 1 atom stereocenters. The molecule has 0 saturated heterocycles. The van der Waals surface area contributed by atoms with Crippen LogP contribution in [0.5, 0.6) is 5.75 Å². The maximum Gasteiger partial charge on any atom is 0.373 e. The number of methoxy groups -OCH3 is 1. The van der Waals surface area contributed by atoms with Gasteiger partial charge in [-0.05, 0) is 43.3 Å². The van der Waals surface area contributed by atoms with Crippen LogP contribution in [-0.4, -0.2) is 29.6 Å². The number of benzene rings is 2. The summed E-state index contributed by atoms with van der Waals surface area (Å²) >= 11 is 0. The topological polar surface area (TPSA) is 59.0 Å². The number of ether oxygens (including phenoxy) is 2. The van der Waals surface area contributed by atoms with Crippen LogP contribution in [0.2, 0.25) is 0 Å². The summed E-state index contributed by atoms with van der Waals surface area (Å²) in [5.74, 6) is -2.66. The van der Waals surface area contributed by atoms with E-state index in [4.69, 9.17) is 9.47 Å². The molecule has 0 bridgehead atoms. The summed E-state index contributed by atoms with van der Waals surface area (Å²) in [5, 5.41) is 9.54. The van der Waals surface area contributed by atoms with Gasteiger partial charge in [0.2, 0.25) is 12.0 Å². The van der Waals surface area contributed by atoms with Gasteiger partial charge in [-0.25, -0.2) is 13.6 Å². The van der Waals surface area contributed by atoms with Crippen LogP contribution >= 0.6 is 0 Å². The van der Waals surface area contributed by atoms with E-state index in [0.717, 1.165) is 12.1 Å². The first kappa shape index (κ1) is 17.7. The summed E-state index contributed by atoms with van der Waals surface area (Å²) in [6.45, 7) is 2.04. The molecule has 1 N–H and O–H groups in total. The molecule has 0 fully saturated rings. The van der Waals surface area contributed by atoms with Crippen LogP contribution < -0.4 is 4.74 Å². The number of nitrogens with zero attached hydrogens (tertiary/aromatic N) is 1. The van der Waals surface area contributed by atoms with Crippen molar-refractivity contribution in [2.45, 2.75) is 13.2 Å². The SMILES string of the molecule is CCN1C(c2ccc(OC)cc2)=C(C(=O)O)OC1c1c(F)cccc1F. The number of carboxylic acid groups (broad SMARTS) is 1. The zero-order valence-electron chi connectivity index (χ0n) is 14.2. The first-order valence-corrected chi connectivity index (χ1v) is 7.97. The van der Waals surface area contributed by atoms with Crippen molar-refractivity contribution in [3.63, 3.8) is 0 Å². The first-order chi connectivity index (χ1) is 12.5. The van der Waals surface area contributed by atoms with E-state index >= 15 is 0 Å². The number of hydrogen-bond acceptors (Lipinski definition) is 4. The van der Waals surface area contributed by atoms with E-state index in [9.17, 15) is 18.7 Å². The molecule has 0 radical (unpaired) electrons. The molecular weight excluding hydrogens is 344 g/mol. The minimum absolute atomic E-state index is 0.260. The van der Waals surface area contributed by atoms with Crippen molar-refractivity contribution in [1.29, 1.82) is 0 Å². The van der Waals surface area contributed by atoms with Crippen LogP contribution in [0.15, 0.2) is 48.2 Å². The Balaban J connectivity index is 2.11. The Kier molecular flexibility index (Phi) is 4.79. The molecule has 0 saturated carbocycles. The molecule has 7 heteroatoms. The fraction of sp³-hybridized carbons (Fsp3) is 0.211. The van der Waals surface area contributed by atoms with E-state index < -0.39 is 23.8 Å². The van der Waals surface area contributed by atoms with Crippen LogP contribution in [0.25, 0.3) is 5.70 Å². The Bertz CT molecular complexity index is 844. The van der Waals surface area contributed by atoms with Gasteiger partial charge in [-0.15, -0.1) is 0 Å². The summed E-state index contributed by atoms with van der Waals surface area (Å²) in [6.07, 6.45) is -1.20. The van der Waals surface area contributed by atoms with Crippen molar-refractivity contribution >= 4 is 11.7 Å². The van der Waals surface area contributed by atoms with Gasteiger partial charge in [0, 0.05) is 12.1 Å². The molecule has 136 valence electrons. The molecule has 1 unspecified atom stereocenters. The number of halogens is 2. The van der Waals surface area contributed by atoms with Crippen LogP contribution in [0.1, 0.15) is 24.3 Å². The Labute approximate surface area is 149 Å². The molecule has 0 aromatic heterocycles. The van der Waals surface area contributed by atoms with Gasteiger partial charge in [0.25, 0.3) is 0 Å². The van der Waals surface area contributed by atoms with Crippen molar-refractivity contribution in [3.05, 3.63) is 71.0 Å². The number of carboxylic acids is 1. The second-order valence-electron chi connectivity index (χ2n) is 5.60. The quantitative estimate of drug-likeness (QED) is 0.878. The molecular formula is C19H17F2NO4. The molecule has 0 amide bonds. The van der Waals surface area contributed by atoms with Gasteiger partial charge < -0.3 is 19.5 Å². The van der Waals surface area contributed by atoms with E-state index in [1.807, 2.05) is 0 Å². The summed E-state index contributed by atoms with van der Waals surface area (Å²) in [5.41, 5.74) is 0.483. The number of carbonyl (C=O) groups is 1. The second-order valence-corrected chi connectivity index (χ2v) is 5.60. The highest BCUT2D eigenvalue weighted by atomic mass is 19.1. The highest BCUT2D eigenvalue weighted by Crippen LogP contribution is 2.42. The summed E-state index contributed by atoms with van der Waals surface area (Å²) < 4.78 is 39.1. The highest BCUT2D eigenvalue weighted by Gasteiger charge is 2.40. The molecule has 0 spiro atoms. The first-order valence-electron chi connectivity index (χ1n) is 7.97. The number of rotatable bonds is 5. The molecule has 3 rings (SSSR count). The summed E-state index contributed by atoms with van der Waals surface area (Å²) in [7, 11) is 1.52. The van der Waals surface area contributed by atoms with Crippen LogP contribution in [0, 0.1) is 11.6 Å². The van der Waals surface area contributed by atoms with E-state index in [1.165, 1.54) is 18.1 Å². The fourth-order valence-electron chi connectivity index (χ4n) is 2.96. The minimum atomic E-state index is -1.31. The largest absolute Gasteiger partial charge is 0.497 e. The van der Waals surface area contributed by atoms with Crippen molar-refractivity contribution in [3.8, 4) is 5.75 Å². The average molecular weight is 361 g/mol. The van der Waals surface area contributed by atoms with Gasteiger partial charge in [-0.1, -0.05) is 6.07 Å². The van der Waals surface area contributed by atoms with Crippen molar-refractivity contribution in [1.82, 2.24) is 4.90 Å². The average Bonchev–Trinajstić information content (AvgIpc) is 3.01. The maximum atomic E-state index is 14.2. The van der Waals surface area contributed by atoms with Gasteiger partial charge in [-0.3, -0.25) is 0 Å². The fourth-order valence-corrected chi connectivity index (χ4v) is 2.96. The predicted octanol–water partition coefficient (Wildman–Crippen LogP) is 3.78. The molecule has 1 heterocycles. The van der Waals surface area contributed by atoms with E-state index in [-0.39, 0.29) is 23.6 Å². The normalized spacial score (nSPS) is 16.6. The zero-order chi connectivity index (χ0) is 18.8. The van der Waals surface area contributed by atoms with Crippen LogP contribution in [0.4, 0.5) is 8.78 Å². The molecule has 2 aromatic carbocycles. The Hall–Kier alpha value is -3.09.